The van der Waals surface area contributed by atoms with Crippen molar-refractivity contribution in [2.24, 2.45) is 0 Å². The quantitative estimate of drug-likeness (QED) is 0.776. The second-order valence-electron chi connectivity index (χ2n) is 1.98. The Kier molecular flexibility index (Phi) is 2.70. The maximum Gasteiger partial charge on any atom is 0.272 e. The molecule has 0 saturated carbocycles. The molecule has 66 valence electrons. The molecule has 0 aliphatic rings. The largest absolute Gasteiger partial charge is 0.488 e. The van der Waals surface area contributed by atoms with Gasteiger partial charge in [0.25, 0.3) is 6.43 Å². The van der Waals surface area contributed by atoms with Crippen LogP contribution in [0, 0.1) is 3.57 Å². The third-order valence-electron chi connectivity index (χ3n) is 1.06. The lowest BCUT2D eigenvalue weighted by atomic mass is 10.3. The van der Waals surface area contributed by atoms with Gasteiger partial charge in [-0.15, -0.1) is 0 Å². The van der Waals surface area contributed by atoms with Crippen molar-refractivity contribution in [1.82, 2.24) is 0 Å². The third-order valence-corrected chi connectivity index (χ3v) is 1.73. The van der Waals surface area contributed by atoms with Crippen molar-refractivity contribution in [3.05, 3.63) is 27.8 Å². The zero-order chi connectivity index (χ0) is 10.8. The minimum atomic E-state index is -3.17. The number of hydrogen-bond donors (Lipinski definition) is 0. The summed E-state index contributed by atoms with van der Waals surface area (Å²) >= 11 is 1.98. The first-order valence-corrected chi connectivity index (χ1v) is 4.22. The van der Waals surface area contributed by atoms with Crippen LogP contribution in [0.3, 0.4) is 0 Å². The highest BCUT2D eigenvalue weighted by Crippen LogP contribution is 2.15. The van der Waals surface area contributed by atoms with Crippen molar-refractivity contribution in [2.45, 2.75) is 6.43 Å². The van der Waals surface area contributed by atoms with Gasteiger partial charge in [0.1, 0.15) is 12.3 Å². The zero-order valence-corrected chi connectivity index (χ0v) is 8.09. The molecule has 1 aromatic carbocycles. The van der Waals surface area contributed by atoms with E-state index in [1.54, 1.807) is 12.1 Å². The summed E-state index contributed by atoms with van der Waals surface area (Å²) < 4.78 is 43.3. The first-order chi connectivity index (χ1) is 6.42. The SMILES string of the molecule is [2H]C([2H])(Oc1cccc(I)c1)C(F)F. The van der Waals surface area contributed by atoms with Gasteiger partial charge in [-0.3, -0.25) is 0 Å². The van der Waals surface area contributed by atoms with Crippen LogP contribution in [-0.2, 0) is 0 Å². The summed E-state index contributed by atoms with van der Waals surface area (Å²) in [5.41, 5.74) is 0. The standard InChI is InChI=1S/C8H7F2IO/c9-8(10)5-12-7-3-1-2-6(11)4-7/h1-4,8H,5H2/i5D2. The van der Waals surface area contributed by atoms with Crippen LogP contribution in [0.4, 0.5) is 8.78 Å². The van der Waals surface area contributed by atoms with Crippen molar-refractivity contribution in [3.63, 3.8) is 0 Å². The van der Waals surface area contributed by atoms with Gasteiger partial charge in [-0.2, -0.15) is 0 Å². The molecule has 0 fully saturated rings. The van der Waals surface area contributed by atoms with E-state index in [1.165, 1.54) is 12.1 Å². The number of rotatable bonds is 3. The fraction of sp³-hybridized carbons (Fsp3) is 0.250. The lowest BCUT2D eigenvalue weighted by Gasteiger charge is -2.04. The van der Waals surface area contributed by atoms with E-state index in [0.717, 1.165) is 3.57 Å². The molecule has 1 rings (SSSR count). The Morgan fingerprint density at radius 2 is 2.33 bits per heavy atom. The summed E-state index contributed by atoms with van der Waals surface area (Å²) in [5, 5.41) is 0. The second kappa shape index (κ2) is 4.59. The molecule has 0 unspecified atom stereocenters. The molecule has 0 aromatic heterocycles. The van der Waals surface area contributed by atoms with E-state index in [0.29, 0.717) is 0 Å². The van der Waals surface area contributed by atoms with E-state index in [1.807, 2.05) is 22.6 Å². The van der Waals surface area contributed by atoms with E-state index in [9.17, 15) is 8.78 Å². The molecule has 1 aromatic rings. The molecule has 0 heterocycles. The average Bonchev–Trinajstić information content (AvgIpc) is 2.02. The smallest absolute Gasteiger partial charge is 0.272 e. The van der Waals surface area contributed by atoms with Crippen molar-refractivity contribution in [3.8, 4) is 5.75 Å². The van der Waals surface area contributed by atoms with Crippen molar-refractivity contribution in [2.75, 3.05) is 6.56 Å². The zero-order valence-electron chi connectivity index (χ0n) is 7.93. The lowest BCUT2D eigenvalue weighted by molar-refractivity contribution is 0.0819. The normalized spacial score (nSPS) is 14.0. The van der Waals surface area contributed by atoms with Crippen molar-refractivity contribution < 1.29 is 16.3 Å². The molecule has 0 N–H and O–H groups in total. The van der Waals surface area contributed by atoms with Gasteiger partial charge in [-0.25, -0.2) is 8.78 Å². The van der Waals surface area contributed by atoms with Crippen LogP contribution < -0.4 is 4.74 Å². The summed E-state index contributed by atoms with van der Waals surface area (Å²) in [6.07, 6.45) is -3.17. The predicted molar refractivity (Wildman–Crippen MR) is 50.7 cm³/mol. The molecule has 1 nitrogen and oxygen atoms in total. The number of alkyl halides is 2. The summed E-state index contributed by atoms with van der Waals surface area (Å²) in [7, 11) is 0. The van der Waals surface area contributed by atoms with Crippen LogP contribution >= 0.6 is 22.6 Å². The molecule has 0 saturated heterocycles. The molecular formula is C8H7F2IO. The number of halogens is 3. The summed E-state index contributed by atoms with van der Waals surface area (Å²) in [5.74, 6) is 0.0993. The maximum atomic E-state index is 12.1. The van der Waals surface area contributed by atoms with E-state index in [2.05, 4.69) is 4.74 Å². The molecule has 0 atom stereocenters. The highest BCUT2D eigenvalue weighted by Gasteiger charge is 2.02. The Balaban J connectivity index is 2.78. The van der Waals surface area contributed by atoms with Gasteiger partial charge in [-0.05, 0) is 40.8 Å². The maximum absolute atomic E-state index is 12.1. The Labute approximate surface area is 85.7 Å². The Hall–Kier alpha value is -0.390. The lowest BCUT2D eigenvalue weighted by Crippen LogP contribution is -2.06. The Bertz CT molecular complexity index is 320. The molecule has 4 heteroatoms. The van der Waals surface area contributed by atoms with Crippen molar-refractivity contribution in [1.29, 1.82) is 0 Å². The number of benzene rings is 1. The average molecular weight is 286 g/mol. The summed E-state index contributed by atoms with van der Waals surface area (Å²) in [4.78, 5) is 0. The molecule has 0 radical (unpaired) electrons. The van der Waals surface area contributed by atoms with E-state index in [4.69, 9.17) is 2.74 Å². The third kappa shape index (κ3) is 3.34. The summed E-state index contributed by atoms with van der Waals surface area (Å²) in [6, 6.07) is 6.28. The minimum absolute atomic E-state index is 0.0993. The first kappa shape index (κ1) is 7.06. The van der Waals surface area contributed by atoms with Crippen LogP contribution in [0.1, 0.15) is 2.74 Å². The minimum Gasteiger partial charge on any atom is -0.488 e. The van der Waals surface area contributed by atoms with Crippen LogP contribution in [0.5, 0.6) is 5.75 Å². The molecule has 0 bridgehead atoms. The van der Waals surface area contributed by atoms with E-state index in [-0.39, 0.29) is 5.75 Å². The van der Waals surface area contributed by atoms with Crippen LogP contribution in [0.15, 0.2) is 24.3 Å². The molecular weight excluding hydrogens is 277 g/mol. The molecule has 0 aliphatic heterocycles. The first-order valence-electron chi connectivity index (χ1n) is 4.14. The molecule has 12 heavy (non-hydrogen) atoms. The fourth-order valence-electron chi connectivity index (χ4n) is 0.643. The predicted octanol–water partition coefficient (Wildman–Crippen LogP) is 2.94. The van der Waals surface area contributed by atoms with Gasteiger partial charge in [-0.1, -0.05) is 6.07 Å². The Morgan fingerprint density at radius 1 is 1.58 bits per heavy atom. The monoisotopic (exact) mass is 286 g/mol. The van der Waals surface area contributed by atoms with Crippen LogP contribution in [0.2, 0.25) is 0 Å². The fourth-order valence-corrected chi connectivity index (χ4v) is 1.16. The summed E-state index contributed by atoms with van der Waals surface area (Å²) in [6.45, 7) is -2.94. The van der Waals surface area contributed by atoms with Crippen LogP contribution in [-0.4, -0.2) is 13.0 Å². The van der Waals surface area contributed by atoms with Gasteiger partial charge >= 0.3 is 0 Å². The van der Waals surface area contributed by atoms with E-state index >= 15 is 0 Å². The number of ether oxygens (including phenoxy) is 1. The van der Waals surface area contributed by atoms with Gasteiger partial charge < -0.3 is 4.74 Å². The van der Waals surface area contributed by atoms with Gasteiger partial charge in [0.15, 0.2) is 0 Å². The van der Waals surface area contributed by atoms with E-state index < -0.39 is 13.0 Å². The molecule has 0 amide bonds. The highest BCUT2D eigenvalue weighted by molar-refractivity contribution is 14.1. The van der Waals surface area contributed by atoms with Gasteiger partial charge in [0, 0.05) is 3.57 Å². The molecule has 0 spiro atoms. The second-order valence-corrected chi connectivity index (χ2v) is 3.22. The topological polar surface area (TPSA) is 9.23 Å². The van der Waals surface area contributed by atoms with Gasteiger partial charge in [0.2, 0.25) is 0 Å². The number of hydrogen-bond acceptors (Lipinski definition) is 1. The van der Waals surface area contributed by atoms with Gasteiger partial charge in [0.05, 0.1) is 2.74 Å². The van der Waals surface area contributed by atoms with Crippen LogP contribution in [0.25, 0.3) is 0 Å². The Morgan fingerprint density at radius 3 is 2.92 bits per heavy atom. The highest BCUT2D eigenvalue weighted by atomic mass is 127. The molecule has 0 aliphatic carbocycles. The van der Waals surface area contributed by atoms with Crippen molar-refractivity contribution >= 4 is 22.6 Å².